The van der Waals surface area contributed by atoms with Crippen molar-refractivity contribution in [2.24, 2.45) is 0 Å². The normalized spacial score (nSPS) is 10.7. The number of hydrogen-bond acceptors (Lipinski definition) is 19. The number of phenols is 4. The minimum atomic E-state index is -0.0735. The SMILES string of the molecule is CCOCCOCCOc1nc(-c2ccc(OC)cc2O)nc(-c2ccc(OC)cc2O)n1.CCOCCOc1nc(-c2ccc(OC)cc2O)nc(-c2ccc(OC)cc2O)n1. The molecule has 4 aromatic carbocycles. The summed E-state index contributed by atoms with van der Waals surface area (Å²) in [5.74, 6) is 2.38. The Bertz CT molecular complexity index is 2260. The average Bonchev–Trinajstić information content (AvgIpc) is 3.29. The molecule has 2 heterocycles. The van der Waals surface area contributed by atoms with Crippen LogP contribution in [0.1, 0.15) is 13.8 Å². The van der Waals surface area contributed by atoms with Gasteiger partial charge in [0.15, 0.2) is 23.3 Å². The summed E-state index contributed by atoms with van der Waals surface area (Å²) in [4.78, 5) is 26.1. The lowest BCUT2D eigenvalue weighted by molar-refractivity contribution is 0.0393. The molecule has 0 aliphatic rings. The van der Waals surface area contributed by atoms with E-state index in [2.05, 4.69) is 29.9 Å². The Kier molecular flexibility index (Phi) is 17.6. The van der Waals surface area contributed by atoms with E-state index >= 15 is 0 Å². The molecule has 0 unspecified atom stereocenters. The molecule has 0 aliphatic heterocycles. The lowest BCUT2D eigenvalue weighted by Gasteiger charge is -2.11. The van der Waals surface area contributed by atoms with Crippen molar-refractivity contribution >= 4 is 0 Å². The first-order valence-corrected chi connectivity index (χ1v) is 19.6. The van der Waals surface area contributed by atoms with E-state index in [9.17, 15) is 20.4 Å². The molecule has 0 radical (unpaired) electrons. The van der Waals surface area contributed by atoms with Gasteiger partial charge in [0.1, 0.15) is 59.2 Å². The van der Waals surface area contributed by atoms with Crippen LogP contribution < -0.4 is 28.4 Å². The number of hydrogen-bond donors (Lipinski definition) is 4. The molecule has 4 N–H and O–H groups in total. The maximum atomic E-state index is 10.4. The van der Waals surface area contributed by atoms with Gasteiger partial charge in [-0.25, -0.2) is 9.97 Å². The first-order chi connectivity index (χ1) is 30.6. The van der Waals surface area contributed by atoms with Crippen LogP contribution in [-0.4, -0.2) is 132 Å². The minimum absolute atomic E-state index is 0.0221. The molecule has 0 saturated heterocycles. The molecule has 6 aromatic rings. The van der Waals surface area contributed by atoms with Crippen molar-refractivity contribution in [1.29, 1.82) is 0 Å². The van der Waals surface area contributed by atoms with Gasteiger partial charge in [0.05, 0.1) is 77.1 Å². The second-order valence-corrected chi connectivity index (χ2v) is 12.8. The maximum Gasteiger partial charge on any atom is 0.320 e. The maximum absolute atomic E-state index is 10.4. The van der Waals surface area contributed by atoms with Gasteiger partial charge in [-0.3, -0.25) is 0 Å². The molecule has 63 heavy (non-hydrogen) atoms. The van der Waals surface area contributed by atoms with Gasteiger partial charge in [-0.15, -0.1) is 0 Å². The summed E-state index contributed by atoms with van der Waals surface area (Å²) >= 11 is 0. The predicted octanol–water partition coefficient (Wildman–Crippen LogP) is 6.12. The Labute approximate surface area is 363 Å². The quantitative estimate of drug-likeness (QED) is 0.0596. The van der Waals surface area contributed by atoms with E-state index in [0.717, 1.165) is 0 Å². The van der Waals surface area contributed by atoms with Crippen LogP contribution >= 0.6 is 0 Å². The third kappa shape index (κ3) is 13.1. The van der Waals surface area contributed by atoms with Crippen LogP contribution in [0, 0.1) is 0 Å². The zero-order valence-corrected chi connectivity index (χ0v) is 35.7. The Morgan fingerprint density at radius 3 is 0.905 bits per heavy atom. The molecule has 0 amide bonds. The van der Waals surface area contributed by atoms with Crippen molar-refractivity contribution in [1.82, 2.24) is 29.9 Å². The minimum Gasteiger partial charge on any atom is -0.507 e. The smallest absolute Gasteiger partial charge is 0.320 e. The molecule has 19 heteroatoms. The van der Waals surface area contributed by atoms with E-state index in [1.165, 1.54) is 52.7 Å². The second-order valence-electron chi connectivity index (χ2n) is 12.8. The standard InChI is InChI=1S/C23H27N3O7.C21H23N3O6/c1-4-31-9-10-32-11-12-33-23-25-21(17-7-5-15(29-2)13-19(17)27)24-22(26-23)18-8-6-16(30-3)14-20(18)28;1-4-29-9-10-30-21-23-19(15-7-5-13(27-2)11-17(15)25)22-20(24-21)16-8-6-14(28-3)12-18(16)26/h5-8,13-14,27-28H,4,9-12H2,1-3H3;5-8,11-12,25-26H,4,9-10H2,1-3H3. The van der Waals surface area contributed by atoms with Crippen molar-refractivity contribution in [3.05, 3.63) is 72.8 Å². The molecule has 19 nitrogen and oxygen atoms in total. The van der Waals surface area contributed by atoms with Crippen molar-refractivity contribution in [3.8, 4) is 104 Å². The van der Waals surface area contributed by atoms with Crippen molar-refractivity contribution in [2.45, 2.75) is 13.8 Å². The van der Waals surface area contributed by atoms with Gasteiger partial charge in [-0.05, 0) is 62.4 Å². The monoisotopic (exact) mass is 870 g/mol. The van der Waals surface area contributed by atoms with Crippen LogP contribution in [0.2, 0.25) is 0 Å². The Morgan fingerprint density at radius 2 is 0.635 bits per heavy atom. The summed E-state index contributed by atoms with van der Waals surface area (Å²) in [5, 5.41) is 41.7. The van der Waals surface area contributed by atoms with E-state index in [1.54, 1.807) is 48.5 Å². The summed E-state index contributed by atoms with van der Waals surface area (Å²) in [7, 11) is 6.02. The van der Waals surface area contributed by atoms with Crippen LogP contribution in [0.3, 0.4) is 0 Å². The highest BCUT2D eigenvalue weighted by atomic mass is 16.5. The largest absolute Gasteiger partial charge is 0.507 e. The Balaban J connectivity index is 0.000000239. The summed E-state index contributed by atoms with van der Waals surface area (Å²) < 4.78 is 47.7. The summed E-state index contributed by atoms with van der Waals surface area (Å²) in [6, 6.07) is 19.1. The molecule has 0 aliphatic carbocycles. The highest BCUT2D eigenvalue weighted by Crippen LogP contribution is 2.37. The summed E-state index contributed by atoms with van der Waals surface area (Å²) in [6.07, 6.45) is 0. The molecule has 0 fully saturated rings. The van der Waals surface area contributed by atoms with E-state index in [0.29, 0.717) is 84.9 Å². The molecule has 0 atom stereocenters. The number of methoxy groups -OCH3 is 4. The fourth-order valence-electron chi connectivity index (χ4n) is 5.53. The Morgan fingerprint density at radius 1 is 0.365 bits per heavy atom. The molecular weight excluding hydrogens is 821 g/mol. The van der Waals surface area contributed by atoms with Crippen LogP contribution in [-0.2, 0) is 14.2 Å². The van der Waals surface area contributed by atoms with Crippen molar-refractivity contribution in [3.63, 3.8) is 0 Å². The number of phenolic OH excluding ortho intramolecular Hbond substituents is 4. The van der Waals surface area contributed by atoms with Crippen LogP contribution in [0.25, 0.3) is 45.6 Å². The summed E-state index contributed by atoms with van der Waals surface area (Å²) in [5.41, 5.74) is 1.43. The van der Waals surface area contributed by atoms with Gasteiger partial charge in [-0.2, -0.15) is 19.9 Å². The lowest BCUT2D eigenvalue weighted by atomic mass is 10.1. The second kappa shape index (κ2) is 23.7. The lowest BCUT2D eigenvalue weighted by Crippen LogP contribution is -2.12. The molecular formula is C44H50N6O13. The first-order valence-electron chi connectivity index (χ1n) is 19.6. The van der Waals surface area contributed by atoms with Gasteiger partial charge in [-0.1, -0.05) is 0 Å². The number of rotatable bonds is 21. The van der Waals surface area contributed by atoms with Gasteiger partial charge < -0.3 is 63.1 Å². The van der Waals surface area contributed by atoms with E-state index in [1.807, 2.05) is 13.8 Å². The van der Waals surface area contributed by atoms with Gasteiger partial charge in [0, 0.05) is 37.5 Å². The van der Waals surface area contributed by atoms with Gasteiger partial charge >= 0.3 is 12.0 Å². The molecule has 0 spiro atoms. The third-order valence-electron chi connectivity index (χ3n) is 8.71. The van der Waals surface area contributed by atoms with Crippen LogP contribution in [0.15, 0.2) is 72.8 Å². The van der Waals surface area contributed by atoms with E-state index < -0.39 is 0 Å². The van der Waals surface area contributed by atoms with Gasteiger partial charge in [0.25, 0.3) is 0 Å². The molecule has 6 rings (SSSR count). The van der Waals surface area contributed by atoms with Crippen LogP contribution in [0.4, 0.5) is 0 Å². The van der Waals surface area contributed by atoms with Gasteiger partial charge in [0.2, 0.25) is 0 Å². The zero-order valence-electron chi connectivity index (χ0n) is 35.7. The van der Waals surface area contributed by atoms with E-state index in [4.69, 9.17) is 42.6 Å². The number of nitrogens with zero attached hydrogens (tertiary/aromatic N) is 6. The number of aromatic nitrogens is 6. The Hall–Kier alpha value is -7.22. The highest BCUT2D eigenvalue weighted by molar-refractivity contribution is 5.72. The fourth-order valence-corrected chi connectivity index (χ4v) is 5.53. The third-order valence-corrected chi connectivity index (χ3v) is 8.71. The predicted molar refractivity (Wildman–Crippen MR) is 229 cm³/mol. The number of ether oxygens (including phenoxy) is 9. The van der Waals surface area contributed by atoms with Crippen molar-refractivity contribution in [2.75, 3.05) is 81.3 Å². The number of benzene rings is 4. The van der Waals surface area contributed by atoms with Crippen molar-refractivity contribution < 1.29 is 63.1 Å². The summed E-state index contributed by atoms with van der Waals surface area (Å²) in [6.45, 7) is 7.06. The zero-order chi connectivity index (χ0) is 45.1. The highest BCUT2D eigenvalue weighted by Gasteiger charge is 2.19. The molecule has 334 valence electrons. The fraction of sp³-hybridized carbons (Fsp3) is 0.318. The number of aromatic hydroxyl groups is 4. The average molecular weight is 871 g/mol. The first kappa shape index (κ1) is 46.8. The topological polar surface area (TPSA) is 241 Å². The van der Waals surface area contributed by atoms with E-state index in [-0.39, 0.29) is 71.5 Å². The molecule has 0 saturated carbocycles. The molecule has 2 aromatic heterocycles. The van der Waals surface area contributed by atoms with Crippen LogP contribution in [0.5, 0.6) is 58.0 Å². The molecule has 0 bridgehead atoms.